The van der Waals surface area contributed by atoms with Crippen LogP contribution < -0.4 is 0 Å². The van der Waals surface area contributed by atoms with Gasteiger partial charge in [-0.1, -0.05) is 46.0 Å². The van der Waals surface area contributed by atoms with E-state index < -0.39 is 6.16 Å². The first-order valence-corrected chi connectivity index (χ1v) is 4.45. The molecule has 12 heavy (non-hydrogen) atoms. The highest BCUT2D eigenvalue weighted by molar-refractivity contribution is 5.56. The number of rotatable bonds is 4. The lowest BCUT2D eigenvalue weighted by atomic mass is 10.2. The van der Waals surface area contributed by atoms with Crippen LogP contribution in [0.5, 0.6) is 0 Å². The van der Waals surface area contributed by atoms with Crippen LogP contribution in [0.25, 0.3) is 0 Å². The monoisotopic (exact) mass is 176 g/mol. The molecule has 0 aromatic rings. The summed E-state index contributed by atoms with van der Waals surface area (Å²) in [5.41, 5.74) is 0. The maximum absolute atomic E-state index is 9.15. The molecule has 0 radical (unpaired) electrons. The van der Waals surface area contributed by atoms with Crippen LogP contribution in [-0.4, -0.2) is 18.4 Å². The van der Waals surface area contributed by atoms with Crippen LogP contribution in [0.2, 0.25) is 0 Å². The maximum Gasteiger partial charge on any atom is 0.505 e. The van der Waals surface area contributed by atoms with Crippen molar-refractivity contribution >= 4 is 6.16 Å². The van der Waals surface area contributed by atoms with Crippen molar-refractivity contribution in [2.24, 2.45) is 0 Å². The third-order valence-corrected chi connectivity index (χ3v) is 1.38. The molecule has 0 aliphatic heterocycles. The molecule has 1 N–H and O–H groups in total. The maximum atomic E-state index is 9.15. The number of unbranched alkanes of at least 4 members (excludes halogenated alkanes) is 4. The van der Waals surface area contributed by atoms with Crippen molar-refractivity contribution in [3.05, 3.63) is 0 Å². The highest BCUT2D eigenvalue weighted by Crippen LogP contribution is 2.00. The van der Waals surface area contributed by atoms with E-state index in [1.54, 1.807) is 0 Å². The number of carboxylic acid groups (broad SMARTS) is 1. The van der Waals surface area contributed by atoms with Crippen LogP contribution in [0, 0.1) is 0 Å². The number of carbonyl (C=O) groups is 1. The van der Waals surface area contributed by atoms with Crippen molar-refractivity contribution in [3.63, 3.8) is 0 Å². The standard InChI is InChI=1S/C7H16.C2H4O3/c1-3-5-7-6-4-2;1-5-2(3)4/h3-7H2,1-2H3;1H3,(H,3,4). The average molecular weight is 176 g/mol. The van der Waals surface area contributed by atoms with Gasteiger partial charge in [-0.3, -0.25) is 0 Å². The summed E-state index contributed by atoms with van der Waals surface area (Å²) in [5.74, 6) is 0. The summed E-state index contributed by atoms with van der Waals surface area (Å²) >= 11 is 0. The second kappa shape index (κ2) is 12.9. The zero-order valence-corrected chi connectivity index (χ0v) is 8.30. The summed E-state index contributed by atoms with van der Waals surface area (Å²) in [5, 5.41) is 7.50. The van der Waals surface area contributed by atoms with E-state index in [4.69, 9.17) is 9.90 Å². The van der Waals surface area contributed by atoms with E-state index in [1.165, 1.54) is 32.1 Å². The predicted octanol–water partition coefficient (Wildman–Crippen LogP) is 3.29. The SMILES string of the molecule is CCCCCCC.COC(=O)O. The highest BCUT2D eigenvalue weighted by atomic mass is 16.6. The van der Waals surface area contributed by atoms with Gasteiger partial charge in [0, 0.05) is 0 Å². The quantitative estimate of drug-likeness (QED) is 0.528. The molecule has 0 aliphatic carbocycles. The molecule has 74 valence electrons. The molecular weight excluding hydrogens is 156 g/mol. The van der Waals surface area contributed by atoms with Gasteiger partial charge < -0.3 is 9.84 Å². The fourth-order valence-corrected chi connectivity index (χ4v) is 0.677. The molecule has 0 amide bonds. The first-order valence-electron chi connectivity index (χ1n) is 4.45. The van der Waals surface area contributed by atoms with E-state index >= 15 is 0 Å². The fraction of sp³-hybridized carbons (Fsp3) is 0.889. The minimum Gasteiger partial charge on any atom is -0.450 e. The highest BCUT2D eigenvalue weighted by Gasteiger charge is 1.81. The molecule has 0 rings (SSSR count). The van der Waals surface area contributed by atoms with Crippen LogP contribution >= 0.6 is 0 Å². The first kappa shape index (κ1) is 13.8. The molecular formula is C9H20O3. The average Bonchev–Trinajstić information content (AvgIpc) is 2.07. The van der Waals surface area contributed by atoms with Gasteiger partial charge in [0.15, 0.2) is 0 Å². The van der Waals surface area contributed by atoms with Gasteiger partial charge in [-0.2, -0.15) is 0 Å². The van der Waals surface area contributed by atoms with Gasteiger partial charge in [-0.05, 0) is 0 Å². The Morgan fingerprint density at radius 1 is 1.17 bits per heavy atom. The van der Waals surface area contributed by atoms with Gasteiger partial charge in [0.25, 0.3) is 0 Å². The molecule has 3 heteroatoms. The molecule has 0 spiro atoms. The van der Waals surface area contributed by atoms with E-state index in [2.05, 4.69) is 18.6 Å². The van der Waals surface area contributed by atoms with Crippen molar-refractivity contribution in [1.29, 1.82) is 0 Å². The Balaban J connectivity index is 0. The van der Waals surface area contributed by atoms with E-state index in [0.29, 0.717) is 0 Å². The zero-order valence-electron chi connectivity index (χ0n) is 8.30. The Hall–Kier alpha value is -0.730. The number of hydrogen-bond acceptors (Lipinski definition) is 2. The lowest BCUT2D eigenvalue weighted by molar-refractivity contribution is 0.114. The largest absolute Gasteiger partial charge is 0.505 e. The van der Waals surface area contributed by atoms with Gasteiger partial charge in [0.05, 0.1) is 7.11 Å². The van der Waals surface area contributed by atoms with Crippen molar-refractivity contribution in [2.45, 2.75) is 46.0 Å². The van der Waals surface area contributed by atoms with Crippen LogP contribution in [0.15, 0.2) is 0 Å². The summed E-state index contributed by atoms with van der Waals surface area (Å²) < 4.78 is 3.67. The first-order chi connectivity index (χ1) is 5.68. The predicted molar refractivity (Wildman–Crippen MR) is 49.5 cm³/mol. The summed E-state index contributed by atoms with van der Waals surface area (Å²) in [4.78, 5) is 9.15. The summed E-state index contributed by atoms with van der Waals surface area (Å²) in [6, 6.07) is 0. The summed E-state index contributed by atoms with van der Waals surface area (Å²) in [7, 11) is 1.10. The van der Waals surface area contributed by atoms with Gasteiger partial charge in [-0.15, -0.1) is 0 Å². The van der Waals surface area contributed by atoms with E-state index in [9.17, 15) is 0 Å². The Morgan fingerprint density at radius 2 is 1.50 bits per heavy atom. The van der Waals surface area contributed by atoms with Crippen LogP contribution in [0.3, 0.4) is 0 Å². The van der Waals surface area contributed by atoms with Crippen molar-refractivity contribution < 1.29 is 14.6 Å². The van der Waals surface area contributed by atoms with Crippen molar-refractivity contribution in [3.8, 4) is 0 Å². The smallest absolute Gasteiger partial charge is 0.450 e. The molecule has 0 aliphatic rings. The molecule has 0 saturated carbocycles. The molecule has 0 aromatic carbocycles. The Bertz CT molecular complexity index is 87.8. The number of ether oxygens (including phenoxy) is 1. The Morgan fingerprint density at radius 3 is 1.67 bits per heavy atom. The molecule has 3 nitrogen and oxygen atoms in total. The lowest BCUT2D eigenvalue weighted by Crippen LogP contribution is -1.91. The van der Waals surface area contributed by atoms with Gasteiger partial charge >= 0.3 is 6.16 Å². The Kier molecular flexibility index (Phi) is 14.9. The molecule has 0 bridgehead atoms. The van der Waals surface area contributed by atoms with Gasteiger partial charge in [0.1, 0.15) is 0 Å². The van der Waals surface area contributed by atoms with Gasteiger partial charge in [0.2, 0.25) is 0 Å². The van der Waals surface area contributed by atoms with Crippen LogP contribution in [0.4, 0.5) is 4.79 Å². The van der Waals surface area contributed by atoms with E-state index in [-0.39, 0.29) is 0 Å². The van der Waals surface area contributed by atoms with Crippen molar-refractivity contribution in [2.75, 3.05) is 7.11 Å². The van der Waals surface area contributed by atoms with Gasteiger partial charge in [-0.25, -0.2) is 4.79 Å². The fourth-order valence-electron chi connectivity index (χ4n) is 0.677. The number of methoxy groups -OCH3 is 1. The van der Waals surface area contributed by atoms with E-state index in [0.717, 1.165) is 7.11 Å². The van der Waals surface area contributed by atoms with Crippen molar-refractivity contribution in [1.82, 2.24) is 0 Å². The Labute approximate surface area is 74.7 Å². The molecule has 0 saturated heterocycles. The lowest BCUT2D eigenvalue weighted by Gasteiger charge is -1.90. The normalized spacial score (nSPS) is 8.25. The molecule has 0 heterocycles. The second-order valence-corrected chi connectivity index (χ2v) is 2.53. The van der Waals surface area contributed by atoms with Crippen LogP contribution in [-0.2, 0) is 4.74 Å². The van der Waals surface area contributed by atoms with E-state index in [1.807, 2.05) is 0 Å². The van der Waals surface area contributed by atoms with Crippen LogP contribution in [0.1, 0.15) is 46.0 Å². The second-order valence-electron chi connectivity index (χ2n) is 2.53. The zero-order chi connectivity index (χ0) is 9.82. The topological polar surface area (TPSA) is 46.5 Å². The third-order valence-electron chi connectivity index (χ3n) is 1.38. The third kappa shape index (κ3) is 22.8. The minimum absolute atomic E-state index is 1.10. The molecule has 0 aromatic heterocycles. The molecule has 0 unspecified atom stereocenters. The summed E-state index contributed by atoms with van der Waals surface area (Å²) in [6.45, 7) is 4.49. The summed E-state index contributed by atoms with van der Waals surface area (Å²) in [6.07, 6.45) is 5.76. The minimum atomic E-state index is -1.25. The number of hydrogen-bond donors (Lipinski definition) is 1. The molecule has 0 atom stereocenters. The molecule has 0 fully saturated rings.